The lowest BCUT2D eigenvalue weighted by molar-refractivity contribution is -0.103. The summed E-state index contributed by atoms with van der Waals surface area (Å²) in [4.78, 5) is 0. The lowest BCUT2D eigenvalue weighted by Crippen LogP contribution is -2.44. The molecule has 3 unspecified atom stereocenters. The van der Waals surface area contributed by atoms with Gasteiger partial charge in [0.05, 0.1) is 23.9 Å². The minimum absolute atomic E-state index is 0.0311. The highest BCUT2D eigenvalue weighted by molar-refractivity contribution is 5.09. The fourth-order valence-electron chi connectivity index (χ4n) is 3.53. The Morgan fingerprint density at radius 2 is 2.42 bits per heavy atom. The van der Waals surface area contributed by atoms with Gasteiger partial charge in [-0.25, -0.2) is 0 Å². The van der Waals surface area contributed by atoms with Crippen LogP contribution in [0.15, 0.2) is 12.3 Å². The number of rotatable bonds is 3. The topological polar surface area (TPSA) is 48.3 Å². The van der Waals surface area contributed by atoms with Crippen molar-refractivity contribution in [3.8, 4) is 0 Å². The second kappa shape index (κ2) is 5.23. The molecule has 1 spiro atoms. The molecule has 2 saturated heterocycles. The first-order valence-corrected chi connectivity index (χ1v) is 7.11. The van der Waals surface area contributed by atoms with Crippen molar-refractivity contribution in [2.24, 2.45) is 13.0 Å². The van der Waals surface area contributed by atoms with E-state index in [1.54, 1.807) is 0 Å². The van der Waals surface area contributed by atoms with Crippen LogP contribution in [0.4, 0.5) is 0 Å². The first kappa shape index (κ1) is 13.1. The van der Waals surface area contributed by atoms with Crippen molar-refractivity contribution < 1.29 is 9.47 Å². The highest BCUT2D eigenvalue weighted by Gasteiger charge is 2.43. The highest BCUT2D eigenvalue weighted by Crippen LogP contribution is 2.40. The fourth-order valence-corrected chi connectivity index (χ4v) is 3.53. The van der Waals surface area contributed by atoms with E-state index in [0.29, 0.717) is 12.0 Å². The van der Waals surface area contributed by atoms with Gasteiger partial charge in [0.25, 0.3) is 0 Å². The lowest BCUT2D eigenvalue weighted by Gasteiger charge is -2.40. The van der Waals surface area contributed by atoms with Gasteiger partial charge in [0, 0.05) is 32.9 Å². The number of aryl methyl sites for hydroxylation is 1. The van der Waals surface area contributed by atoms with E-state index < -0.39 is 0 Å². The molecular weight excluding hydrogens is 242 g/mol. The second-order valence-corrected chi connectivity index (χ2v) is 5.73. The van der Waals surface area contributed by atoms with Crippen LogP contribution >= 0.6 is 0 Å². The van der Waals surface area contributed by atoms with Gasteiger partial charge in [-0.2, -0.15) is 5.10 Å². The zero-order valence-electron chi connectivity index (χ0n) is 11.8. The lowest BCUT2D eigenvalue weighted by atomic mass is 9.80. The van der Waals surface area contributed by atoms with Crippen LogP contribution in [0.2, 0.25) is 0 Å². The van der Waals surface area contributed by atoms with Gasteiger partial charge in [-0.15, -0.1) is 0 Å². The van der Waals surface area contributed by atoms with E-state index in [0.717, 1.165) is 39.1 Å². The Kier molecular flexibility index (Phi) is 3.60. The van der Waals surface area contributed by atoms with Crippen LogP contribution < -0.4 is 5.32 Å². The predicted molar refractivity (Wildman–Crippen MR) is 71.9 cm³/mol. The summed E-state index contributed by atoms with van der Waals surface area (Å²) in [5.41, 5.74) is 1.22. The minimum Gasteiger partial charge on any atom is -0.378 e. The van der Waals surface area contributed by atoms with Crippen molar-refractivity contribution in [2.45, 2.75) is 30.9 Å². The number of nitrogens with zero attached hydrogens (tertiary/aromatic N) is 2. The molecular formula is C14H23N3O2. The summed E-state index contributed by atoms with van der Waals surface area (Å²) in [6, 6.07) is 2.45. The molecule has 1 N–H and O–H groups in total. The molecule has 0 aliphatic carbocycles. The molecule has 19 heavy (non-hydrogen) atoms. The average Bonchev–Trinajstić information content (AvgIpc) is 3.02. The summed E-state index contributed by atoms with van der Waals surface area (Å²) in [6.45, 7) is 2.43. The van der Waals surface area contributed by atoms with Crippen LogP contribution in [0.1, 0.15) is 31.0 Å². The maximum atomic E-state index is 6.02. The minimum atomic E-state index is -0.0311. The zero-order valence-corrected chi connectivity index (χ0v) is 11.8. The van der Waals surface area contributed by atoms with Crippen molar-refractivity contribution in [2.75, 3.05) is 26.9 Å². The Morgan fingerprint density at radius 1 is 1.53 bits per heavy atom. The Hall–Kier alpha value is -0.910. The van der Waals surface area contributed by atoms with Gasteiger partial charge in [-0.05, 0) is 31.9 Å². The molecule has 0 aromatic carbocycles. The summed E-state index contributed by atoms with van der Waals surface area (Å²) >= 11 is 0. The molecule has 2 aliphatic rings. The molecule has 0 radical (unpaired) electrons. The number of hydrogen-bond donors (Lipinski definition) is 1. The third kappa shape index (κ3) is 2.42. The monoisotopic (exact) mass is 265 g/mol. The van der Waals surface area contributed by atoms with Crippen LogP contribution in [-0.2, 0) is 16.5 Å². The van der Waals surface area contributed by atoms with Crippen LogP contribution in [0.5, 0.6) is 0 Å². The highest BCUT2D eigenvalue weighted by atomic mass is 16.6. The van der Waals surface area contributed by atoms with Gasteiger partial charge >= 0.3 is 0 Å². The molecule has 1 aromatic heterocycles. The standard InChI is InChI=1S/C14H23N3O2/c1-15-13(12-3-6-16-17(12)2)11-4-7-19-14(9-11)5-8-18-10-14/h3,6,11,13,15H,4-5,7-10H2,1-2H3. The van der Waals surface area contributed by atoms with Crippen LogP contribution in [0.25, 0.3) is 0 Å². The maximum absolute atomic E-state index is 6.02. The molecule has 3 atom stereocenters. The first-order valence-electron chi connectivity index (χ1n) is 7.11. The molecule has 3 rings (SSSR count). The number of hydrogen-bond acceptors (Lipinski definition) is 4. The van der Waals surface area contributed by atoms with E-state index in [2.05, 4.69) is 16.5 Å². The molecule has 1 aromatic rings. The predicted octanol–water partition coefficient (Wildman–Crippen LogP) is 1.27. The van der Waals surface area contributed by atoms with E-state index in [1.807, 2.05) is 25.0 Å². The van der Waals surface area contributed by atoms with E-state index in [4.69, 9.17) is 9.47 Å². The average molecular weight is 265 g/mol. The number of ether oxygens (including phenoxy) is 2. The second-order valence-electron chi connectivity index (χ2n) is 5.73. The molecule has 106 valence electrons. The molecule has 0 bridgehead atoms. The Bertz CT molecular complexity index is 426. The molecule has 3 heterocycles. The van der Waals surface area contributed by atoms with Crippen LogP contribution in [0, 0.1) is 5.92 Å². The largest absolute Gasteiger partial charge is 0.378 e. The van der Waals surface area contributed by atoms with Gasteiger partial charge in [0.2, 0.25) is 0 Å². The summed E-state index contributed by atoms with van der Waals surface area (Å²) < 4.78 is 13.5. The van der Waals surface area contributed by atoms with Crippen molar-refractivity contribution in [1.82, 2.24) is 15.1 Å². The van der Waals surface area contributed by atoms with E-state index in [1.165, 1.54) is 5.69 Å². The van der Waals surface area contributed by atoms with Crippen molar-refractivity contribution in [3.63, 3.8) is 0 Å². The molecule has 2 fully saturated rings. The maximum Gasteiger partial charge on any atom is 0.0940 e. The zero-order chi connectivity index (χ0) is 13.3. The number of aromatic nitrogens is 2. The SMILES string of the molecule is CNC(c1ccnn1C)C1CCOC2(CCOC2)C1. The summed E-state index contributed by atoms with van der Waals surface area (Å²) in [7, 11) is 4.04. The first-order chi connectivity index (χ1) is 9.24. The molecule has 5 heteroatoms. The summed E-state index contributed by atoms with van der Waals surface area (Å²) in [5, 5.41) is 7.75. The van der Waals surface area contributed by atoms with Gasteiger partial charge in [0.1, 0.15) is 0 Å². The van der Waals surface area contributed by atoms with Crippen molar-refractivity contribution in [1.29, 1.82) is 0 Å². The number of nitrogens with one attached hydrogen (secondary N) is 1. The van der Waals surface area contributed by atoms with E-state index in [9.17, 15) is 0 Å². The van der Waals surface area contributed by atoms with Gasteiger partial charge in [-0.3, -0.25) is 4.68 Å². The van der Waals surface area contributed by atoms with Crippen LogP contribution in [-0.4, -0.2) is 42.2 Å². The Morgan fingerprint density at radius 3 is 3.05 bits per heavy atom. The van der Waals surface area contributed by atoms with Gasteiger partial charge in [0.15, 0.2) is 0 Å². The summed E-state index contributed by atoms with van der Waals surface area (Å²) in [6.07, 6.45) is 5.07. The van der Waals surface area contributed by atoms with Gasteiger partial charge < -0.3 is 14.8 Å². The normalized spacial score (nSPS) is 32.8. The quantitative estimate of drug-likeness (QED) is 0.894. The third-order valence-electron chi connectivity index (χ3n) is 4.56. The smallest absolute Gasteiger partial charge is 0.0940 e. The van der Waals surface area contributed by atoms with E-state index >= 15 is 0 Å². The Balaban J connectivity index is 1.78. The molecule has 0 saturated carbocycles. The molecule has 2 aliphatic heterocycles. The molecule has 5 nitrogen and oxygen atoms in total. The van der Waals surface area contributed by atoms with Crippen molar-refractivity contribution >= 4 is 0 Å². The Labute approximate surface area is 114 Å². The fraction of sp³-hybridized carbons (Fsp3) is 0.786. The van der Waals surface area contributed by atoms with Crippen LogP contribution in [0.3, 0.4) is 0 Å². The van der Waals surface area contributed by atoms with Gasteiger partial charge in [-0.1, -0.05) is 0 Å². The van der Waals surface area contributed by atoms with Crippen molar-refractivity contribution in [3.05, 3.63) is 18.0 Å². The van der Waals surface area contributed by atoms with E-state index in [-0.39, 0.29) is 5.60 Å². The third-order valence-corrected chi connectivity index (χ3v) is 4.56. The molecule has 0 amide bonds. The summed E-state index contributed by atoms with van der Waals surface area (Å²) in [5.74, 6) is 0.579.